The van der Waals surface area contributed by atoms with E-state index in [9.17, 15) is 0 Å². The van der Waals surface area contributed by atoms with Gasteiger partial charge in [-0.1, -0.05) is 60.2 Å². The zero-order valence-corrected chi connectivity index (χ0v) is 12.7. The third kappa shape index (κ3) is 2.84. The molecule has 0 unspecified atom stereocenters. The average molecular weight is 313 g/mol. The van der Waals surface area contributed by atoms with Crippen molar-refractivity contribution in [3.05, 3.63) is 71.2 Å². The molecule has 2 nitrogen and oxygen atoms in total. The zero-order chi connectivity index (χ0) is 14.8. The van der Waals surface area contributed by atoms with Crippen molar-refractivity contribution in [3.63, 3.8) is 0 Å². The Balaban J connectivity index is 1.99. The van der Waals surface area contributed by atoms with Crippen LogP contribution >= 0.6 is 23.8 Å². The molecule has 4 heteroatoms. The predicted molar refractivity (Wildman–Crippen MR) is 94.6 cm³/mol. The lowest BCUT2D eigenvalue weighted by Crippen LogP contribution is -2.09. The molecule has 3 aromatic rings. The normalized spacial score (nSPS) is 10.5. The molecule has 0 fully saturated rings. The Hall–Kier alpha value is -2.10. The first-order valence-electron chi connectivity index (χ1n) is 6.49. The van der Waals surface area contributed by atoms with E-state index in [1.807, 2.05) is 42.5 Å². The monoisotopic (exact) mass is 312 g/mol. The van der Waals surface area contributed by atoms with Crippen molar-refractivity contribution in [2.24, 2.45) is 5.73 Å². The van der Waals surface area contributed by atoms with Gasteiger partial charge >= 0.3 is 0 Å². The minimum Gasteiger partial charge on any atom is -0.389 e. The lowest BCUT2D eigenvalue weighted by atomic mass is 10.1. The minimum absolute atomic E-state index is 0.303. The fraction of sp³-hybridized carbons (Fsp3) is 0. The van der Waals surface area contributed by atoms with Crippen molar-refractivity contribution < 1.29 is 0 Å². The summed E-state index contributed by atoms with van der Waals surface area (Å²) in [7, 11) is 0. The van der Waals surface area contributed by atoms with Crippen LogP contribution < -0.4 is 11.1 Å². The van der Waals surface area contributed by atoms with Gasteiger partial charge < -0.3 is 11.1 Å². The van der Waals surface area contributed by atoms with E-state index in [1.165, 1.54) is 5.39 Å². The third-order valence-electron chi connectivity index (χ3n) is 3.30. The van der Waals surface area contributed by atoms with Gasteiger partial charge in [-0.3, -0.25) is 0 Å². The number of fused-ring (bicyclic) bond motifs is 1. The summed E-state index contributed by atoms with van der Waals surface area (Å²) in [5, 5.41) is 6.28. The predicted octanol–water partition coefficient (Wildman–Crippen LogP) is 4.87. The van der Waals surface area contributed by atoms with Crippen LogP contribution in [-0.2, 0) is 0 Å². The maximum atomic E-state index is 6.20. The van der Waals surface area contributed by atoms with Crippen LogP contribution in [0.15, 0.2) is 60.7 Å². The number of rotatable bonds is 3. The molecule has 0 heterocycles. The van der Waals surface area contributed by atoms with Crippen molar-refractivity contribution in [2.75, 3.05) is 5.32 Å². The first-order valence-corrected chi connectivity index (χ1v) is 7.28. The van der Waals surface area contributed by atoms with Gasteiger partial charge in [0.25, 0.3) is 0 Å². The molecule has 0 spiro atoms. The Morgan fingerprint density at radius 1 is 1.00 bits per heavy atom. The van der Waals surface area contributed by atoms with Gasteiger partial charge in [-0.25, -0.2) is 0 Å². The summed E-state index contributed by atoms with van der Waals surface area (Å²) < 4.78 is 0. The molecule has 0 aliphatic rings. The fourth-order valence-electron chi connectivity index (χ4n) is 2.28. The summed E-state index contributed by atoms with van der Waals surface area (Å²) in [6.45, 7) is 0. The highest BCUT2D eigenvalue weighted by molar-refractivity contribution is 7.80. The fourth-order valence-corrected chi connectivity index (χ4v) is 2.80. The number of hydrogen-bond donors (Lipinski definition) is 2. The number of thiocarbonyl (C=S) groups is 1. The van der Waals surface area contributed by atoms with Crippen molar-refractivity contribution >= 4 is 51.0 Å². The number of benzene rings is 3. The summed E-state index contributed by atoms with van der Waals surface area (Å²) in [4.78, 5) is 0.303. The Labute approximate surface area is 133 Å². The summed E-state index contributed by atoms with van der Waals surface area (Å²) in [5.41, 5.74) is 8.24. The number of anilines is 2. The molecule has 3 N–H and O–H groups in total. The molecule has 0 saturated carbocycles. The first kappa shape index (κ1) is 13.9. The standard InChI is InChI=1S/C17H13ClN2S/c18-15-10-12(8-9-14(15)17(19)21)20-16-7-3-5-11-4-1-2-6-13(11)16/h1-10,20H,(H2,19,21). The van der Waals surface area contributed by atoms with Crippen LogP contribution in [0.3, 0.4) is 0 Å². The van der Waals surface area contributed by atoms with E-state index in [0.717, 1.165) is 16.8 Å². The highest BCUT2D eigenvalue weighted by atomic mass is 35.5. The van der Waals surface area contributed by atoms with Crippen LogP contribution in [0.4, 0.5) is 11.4 Å². The van der Waals surface area contributed by atoms with Crippen LogP contribution in [0.5, 0.6) is 0 Å². The van der Waals surface area contributed by atoms with Gasteiger partial charge in [0, 0.05) is 22.3 Å². The summed E-state index contributed by atoms with van der Waals surface area (Å²) in [5.74, 6) is 0. The van der Waals surface area contributed by atoms with E-state index in [-0.39, 0.29) is 0 Å². The molecule has 104 valence electrons. The topological polar surface area (TPSA) is 38.0 Å². The number of hydrogen-bond acceptors (Lipinski definition) is 2. The molecule has 0 bridgehead atoms. The second-order valence-electron chi connectivity index (χ2n) is 4.71. The Kier molecular flexibility index (Phi) is 3.78. The number of nitrogens with two attached hydrogens (primary N) is 1. The van der Waals surface area contributed by atoms with Crippen LogP contribution in [0, 0.1) is 0 Å². The quantitative estimate of drug-likeness (QED) is 0.677. The van der Waals surface area contributed by atoms with E-state index in [2.05, 4.69) is 23.5 Å². The van der Waals surface area contributed by atoms with Gasteiger partial charge in [-0.05, 0) is 29.7 Å². The van der Waals surface area contributed by atoms with E-state index in [4.69, 9.17) is 29.6 Å². The molecular weight excluding hydrogens is 300 g/mol. The van der Waals surface area contributed by atoms with Gasteiger partial charge in [0.1, 0.15) is 4.99 Å². The lowest BCUT2D eigenvalue weighted by Gasteiger charge is -2.11. The zero-order valence-electron chi connectivity index (χ0n) is 11.1. The molecule has 3 aromatic carbocycles. The van der Waals surface area contributed by atoms with Crippen molar-refractivity contribution in [2.45, 2.75) is 0 Å². The maximum Gasteiger partial charge on any atom is 0.105 e. The molecule has 0 aromatic heterocycles. The van der Waals surface area contributed by atoms with Gasteiger partial charge in [-0.15, -0.1) is 0 Å². The highest BCUT2D eigenvalue weighted by Gasteiger charge is 2.06. The second kappa shape index (κ2) is 5.72. The van der Waals surface area contributed by atoms with E-state index in [0.29, 0.717) is 15.6 Å². The summed E-state index contributed by atoms with van der Waals surface area (Å²) in [6.07, 6.45) is 0. The minimum atomic E-state index is 0.303. The summed E-state index contributed by atoms with van der Waals surface area (Å²) in [6, 6.07) is 20.0. The Morgan fingerprint density at radius 2 is 1.76 bits per heavy atom. The molecule has 0 aliphatic carbocycles. The van der Waals surface area contributed by atoms with Crippen LogP contribution in [0.25, 0.3) is 10.8 Å². The second-order valence-corrected chi connectivity index (χ2v) is 5.56. The molecule has 0 saturated heterocycles. The van der Waals surface area contributed by atoms with Crippen molar-refractivity contribution in [1.82, 2.24) is 0 Å². The van der Waals surface area contributed by atoms with Crippen molar-refractivity contribution in [3.8, 4) is 0 Å². The maximum absolute atomic E-state index is 6.20. The molecule has 0 atom stereocenters. The molecule has 0 radical (unpaired) electrons. The summed E-state index contributed by atoms with van der Waals surface area (Å²) >= 11 is 11.2. The Morgan fingerprint density at radius 3 is 2.52 bits per heavy atom. The third-order valence-corrected chi connectivity index (χ3v) is 3.84. The lowest BCUT2D eigenvalue weighted by molar-refractivity contribution is 1.55. The van der Waals surface area contributed by atoms with Gasteiger partial charge in [-0.2, -0.15) is 0 Å². The van der Waals surface area contributed by atoms with Gasteiger partial charge in [0.05, 0.1) is 5.02 Å². The molecular formula is C17H13ClN2S. The highest BCUT2D eigenvalue weighted by Crippen LogP contribution is 2.28. The molecule has 3 rings (SSSR count). The molecule has 0 amide bonds. The Bertz CT molecular complexity index is 825. The largest absolute Gasteiger partial charge is 0.389 e. The molecule has 21 heavy (non-hydrogen) atoms. The van der Waals surface area contributed by atoms with Gasteiger partial charge in [0.15, 0.2) is 0 Å². The first-order chi connectivity index (χ1) is 10.1. The molecule has 0 aliphatic heterocycles. The van der Waals surface area contributed by atoms with Crippen LogP contribution in [0.2, 0.25) is 5.02 Å². The van der Waals surface area contributed by atoms with E-state index >= 15 is 0 Å². The average Bonchev–Trinajstić information content (AvgIpc) is 2.47. The van der Waals surface area contributed by atoms with Gasteiger partial charge in [0.2, 0.25) is 0 Å². The SMILES string of the molecule is NC(=S)c1ccc(Nc2cccc3ccccc23)cc1Cl. The smallest absolute Gasteiger partial charge is 0.105 e. The van der Waals surface area contributed by atoms with Crippen LogP contribution in [0.1, 0.15) is 5.56 Å². The number of nitrogens with one attached hydrogen (secondary N) is 1. The van der Waals surface area contributed by atoms with E-state index in [1.54, 1.807) is 0 Å². The van der Waals surface area contributed by atoms with E-state index < -0.39 is 0 Å². The van der Waals surface area contributed by atoms with Crippen molar-refractivity contribution in [1.29, 1.82) is 0 Å². The number of halogens is 1. The van der Waals surface area contributed by atoms with Crippen LogP contribution in [-0.4, -0.2) is 4.99 Å².